The molecule has 0 unspecified atom stereocenters. The molecule has 0 saturated carbocycles. The predicted molar refractivity (Wildman–Crippen MR) is 52.0 cm³/mol. The molecule has 0 N–H and O–H groups in total. The molecule has 0 aliphatic carbocycles. The largest absolute Gasteiger partial charge is 0.376 e. The second-order valence-corrected chi connectivity index (χ2v) is 3.31. The molecular weight excluding hydrogens is 136 g/mol. The smallest absolute Gasteiger partial charge is 0.0598 e. The Kier molecular flexibility index (Phi) is 9.92. The molecule has 0 aliphatic rings. The molecule has 0 aromatic rings. The van der Waals surface area contributed by atoms with Gasteiger partial charge in [-0.05, 0) is 27.2 Å². The van der Waals surface area contributed by atoms with Gasteiger partial charge in [0.25, 0.3) is 0 Å². The second kappa shape index (κ2) is 8.06. The normalized spacial score (nSPS) is 10.4. The number of hydrogen-bond acceptors (Lipinski definition) is 1. The van der Waals surface area contributed by atoms with Crippen LogP contribution in [0.2, 0.25) is 0 Å². The van der Waals surface area contributed by atoms with Crippen molar-refractivity contribution in [3.8, 4) is 0 Å². The van der Waals surface area contributed by atoms with Crippen LogP contribution in [0.5, 0.6) is 0 Å². The van der Waals surface area contributed by atoms with Gasteiger partial charge in [-0.25, -0.2) is 0 Å². The van der Waals surface area contributed by atoms with Gasteiger partial charge in [0.15, 0.2) is 0 Å². The minimum absolute atomic E-state index is 0.0508. The monoisotopic (exact) mass is 160 g/mol. The van der Waals surface area contributed by atoms with Crippen LogP contribution in [-0.4, -0.2) is 12.2 Å². The highest BCUT2D eigenvalue weighted by atomic mass is 16.5. The van der Waals surface area contributed by atoms with Crippen molar-refractivity contribution in [1.82, 2.24) is 0 Å². The van der Waals surface area contributed by atoms with E-state index >= 15 is 0 Å². The van der Waals surface area contributed by atoms with Gasteiger partial charge in [0.05, 0.1) is 5.60 Å². The summed E-state index contributed by atoms with van der Waals surface area (Å²) in [5, 5.41) is 0. The highest BCUT2D eigenvalue weighted by Crippen LogP contribution is 2.06. The second-order valence-electron chi connectivity index (χ2n) is 3.31. The van der Waals surface area contributed by atoms with E-state index in [2.05, 4.69) is 27.7 Å². The average molecular weight is 160 g/mol. The maximum atomic E-state index is 5.47. The Hall–Kier alpha value is -0.0400. The lowest BCUT2D eigenvalue weighted by atomic mass is 10.2. The molecule has 0 amide bonds. The molecule has 1 nitrogen and oxygen atoms in total. The first kappa shape index (κ1) is 13.5. The molecule has 1 heteroatoms. The zero-order valence-corrected chi connectivity index (χ0v) is 9.03. The van der Waals surface area contributed by atoms with E-state index in [9.17, 15) is 0 Å². The third kappa shape index (κ3) is 17.8. The number of hydrogen-bond donors (Lipinski definition) is 0. The first-order valence-electron chi connectivity index (χ1n) is 4.70. The van der Waals surface area contributed by atoms with E-state index in [0.717, 1.165) is 6.61 Å². The molecule has 0 saturated heterocycles. The van der Waals surface area contributed by atoms with Crippen LogP contribution < -0.4 is 0 Å². The van der Waals surface area contributed by atoms with Gasteiger partial charge >= 0.3 is 0 Å². The third-order valence-electron chi connectivity index (χ3n) is 1.03. The fourth-order valence-electron chi connectivity index (χ4n) is 0.523. The van der Waals surface area contributed by atoms with Crippen LogP contribution in [0.1, 0.15) is 54.4 Å². The number of unbranched alkanes of at least 4 members (excludes halogenated alkanes) is 1. The van der Waals surface area contributed by atoms with Crippen LogP contribution in [0.15, 0.2) is 0 Å². The Labute approximate surface area is 72.1 Å². The highest BCUT2D eigenvalue weighted by molar-refractivity contribution is 4.57. The fourth-order valence-corrected chi connectivity index (χ4v) is 0.523. The predicted octanol–water partition coefficient (Wildman–Crippen LogP) is 3.63. The Morgan fingerprint density at radius 3 is 1.82 bits per heavy atom. The SMILES string of the molecule is CC.CCCCOC(C)(C)C. The van der Waals surface area contributed by atoms with Gasteiger partial charge in [-0.2, -0.15) is 0 Å². The molecule has 0 aliphatic heterocycles. The summed E-state index contributed by atoms with van der Waals surface area (Å²) in [5.41, 5.74) is 0.0508. The zero-order chi connectivity index (χ0) is 9.33. The van der Waals surface area contributed by atoms with Crippen LogP contribution in [0.3, 0.4) is 0 Å². The topological polar surface area (TPSA) is 9.23 Å². The molecule has 0 aromatic carbocycles. The van der Waals surface area contributed by atoms with Crippen molar-refractivity contribution in [2.75, 3.05) is 6.61 Å². The van der Waals surface area contributed by atoms with E-state index in [0.29, 0.717) is 0 Å². The highest BCUT2D eigenvalue weighted by Gasteiger charge is 2.07. The van der Waals surface area contributed by atoms with Crippen LogP contribution in [0.4, 0.5) is 0 Å². The van der Waals surface area contributed by atoms with Crippen molar-refractivity contribution in [3.05, 3.63) is 0 Å². The fraction of sp³-hybridized carbons (Fsp3) is 1.00. The molecular formula is C10H24O. The number of ether oxygens (including phenoxy) is 1. The zero-order valence-electron chi connectivity index (χ0n) is 9.03. The lowest BCUT2D eigenvalue weighted by Gasteiger charge is -2.18. The Balaban J connectivity index is 0. The third-order valence-corrected chi connectivity index (χ3v) is 1.03. The van der Waals surface area contributed by atoms with E-state index in [-0.39, 0.29) is 5.60 Å². The lowest BCUT2D eigenvalue weighted by molar-refractivity contribution is -0.00415. The molecule has 0 heterocycles. The summed E-state index contributed by atoms with van der Waals surface area (Å²) in [6, 6.07) is 0. The van der Waals surface area contributed by atoms with E-state index < -0.39 is 0 Å². The van der Waals surface area contributed by atoms with Crippen LogP contribution in [0.25, 0.3) is 0 Å². The van der Waals surface area contributed by atoms with E-state index in [1.54, 1.807) is 0 Å². The molecule has 0 radical (unpaired) electrons. The molecule has 0 aromatic heterocycles. The molecule has 11 heavy (non-hydrogen) atoms. The van der Waals surface area contributed by atoms with Gasteiger partial charge in [0, 0.05) is 6.61 Å². The van der Waals surface area contributed by atoms with Crippen molar-refractivity contribution in [1.29, 1.82) is 0 Å². The molecule has 70 valence electrons. The summed E-state index contributed by atoms with van der Waals surface area (Å²) in [6.07, 6.45) is 2.40. The summed E-state index contributed by atoms with van der Waals surface area (Å²) < 4.78 is 5.47. The Morgan fingerprint density at radius 2 is 1.55 bits per heavy atom. The summed E-state index contributed by atoms with van der Waals surface area (Å²) >= 11 is 0. The van der Waals surface area contributed by atoms with Crippen LogP contribution >= 0.6 is 0 Å². The standard InChI is InChI=1S/C8H18O.C2H6/c1-5-6-7-9-8(2,3)4;1-2/h5-7H2,1-4H3;1-2H3. The maximum absolute atomic E-state index is 5.47. The maximum Gasteiger partial charge on any atom is 0.0598 e. The van der Waals surface area contributed by atoms with Crippen molar-refractivity contribution in [2.45, 2.75) is 60.0 Å². The molecule has 0 spiro atoms. The molecule has 0 atom stereocenters. The van der Waals surface area contributed by atoms with Crippen LogP contribution in [-0.2, 0) is 4.74 Å². The Bertz CT molecular complexity index is 61.8. The summed E-state index contributed by atoms with van der Waals surface area (Å²) in [4.78, 5) is 0. The molecule has 0 fully saturated rings. The first-order valence-corrected chi connectivity index (χ1v) is 4.70. The summed E-state index contributed by atoms with van der Waals surface area (Å²) in [6.45, 7) is 13.3. The molecule has 0 rings (SSSR count). The average Bonchev–Trinajstić information content (AvgIpc) is 1.90. The quantitative estimate of drug-likeness (QED) is 0.573. The van der Waals surface area contributed by atoms with Gasteiger partial charge in [-0.3, -0.25) is 0 Å². The van der Waals surface area contributed by atoms with E-state index in [1.807, 2.05) is 13.8 Å². The van der Waals surface area contributed by atoms with Crippen molar-refractivity contribution >= 4 is 0 Å². The first-order chi connectivity index (χ1) is 5.06. The van der Waals surface area contributed by atoms with Crippen LogP contribution in [0, 0.1) is 0 Å². The van der Waals surface area contributed by atoms with E-state index in [4.69, 9.17) is 4.74 Å². The summed E-state index contributed by atoms with van der Waals surface area (Å²) in [7, 11) is 0. The number of rotatable bonds is 3. The molecule has 0 bridgehead atoms. The summed E-state index contributed by atoms with van der Waals surface area (Å²) in [5.74, 6) is 0. The minimum Gasteiger partial charge on any atom is -0.376 e. The van der Waals surface area contributed by atoms with E-state index in [1.165, 1.54) is 12.8 Å². The van der Waals surface area contributed by atoms with Gasteiger partial charge in [0.1, 0.15) is 0 Å². The van der Waals surface area contributed by atoms with Crippen molar-refractivity contribution in [3.63, 3.8) is 0 Å². The Morgan fingerprint density at radius 1 is 1.09 bits per heavy atom. The van der Waals surface area contributed by atoms with Gasteiger partial charge in [-0.15, -0.1) is 0 Å². The van der Waals surface area contributed by atoms with Gasteiger partial charge in [0.2, 0.25) is 0 Å². The van der Waals surface area contributed by atoms with Gasteiger partial charge < -0.3 is 4.74 Å². The van der Waals surface area contributed by atoms with Crippen molar-refractivity contribution < 1.29 is 4.74 Å². The van der Waals surface area contributed by atoms with Gasteiger partial charge in [-0.1, -0.05) is 27.2 Å². The minimum atomic E-state index is 0.0508. The van der Waals surface area contributed by atoms with Crippen molar-refractivity contribution in [2.24, 2.45) is 0 Å². The lowest BCUT2D eigenvalue weighted by Crippen LogP contribution is -2.19.